The fourth-order valence-corrected chi connectivity index (χ4v) is 1.62. The van der Waals surface area contributed by atoms with Gasteiger partial charge in [-0.15, -0.1) is 11.6 Å². The van der Waals surface area contributed by atoms with Crippen LogP contribution in [-0.2, 0) is 12.4 Å². The Bertz CT molecular complexity index is 398. The van der Waals surface area contributed by atoms with Crippen molar-refractivity contribution in [2.24, 2.45) is 0 Å². The average molecular weight is 242 g/mol. The third kappa shape index (κ3) is 2.98. The second kappa shape index (κ2) is 5.79. The van der Waals surface area contributed by atoms with Gasteiger partial charge in [-0.25, -0.2) is 4.98 Å². The maximum atomic E-state index is 5.76. The number of hydrogen-bond donors (Lipinski definition) is 0. The van der Waals surface area contributed by atoms with Gasteiger partial charge in [-0.3, -0.25) is 0 Å². The maximum absolute atomic E-state index is 5.76. The highest BCUT2D eigenvalue weighted by molar-refractivity contribution is 6.16. The van der Waals surface area contributed by atoms with Crippen molar-refractivity contribution in [2.75, 3.05) is 0 Å². The largest absolute Gasteiger partial charge is 1.00 e. The van der Waals surface area contributed by atoms with Gasteiger partial charge in [-0.05, 0) is 5.56 Å². The number of rotatable bonds is 3. The van der Waals surface area contributed by atoms with Crippen molar-refractivity contribution in [1.82, 2.24) is 9.55 Å². The third-order valence-electron chi connectivity index (χ3n) is 2.12. The van der Waals surface area contributed by atoms with Crippen molar-refractivity contribution in [3.05, 3.63) is 54.1 Å². The second-order valence-corrected chi connectivity index (χ2v) is 3.36. The minimum Gasteiger partial charge on any atom is -1.00 e. The van der Waals surface area contributed by atoms with Crippen LogP contribution in [0.3, 0.4) is 0 Å². The normalized spacial score (nSPS) is 9.67. The van der Waals surface area contributed by atoms with Gasteiger partial charge in [-0.1, -0.05) is 30.3 Å². The standard InChI is InChI=1S/C11H11ClN2.ClH/c12-8-11-13-6-7-14(11)9-10-4-2-1-3-5-10;/h1-7H,8-9H2;1H/p-1. The molecule has 0 aliphatic carbocycles. The summed E-state index contributed by atoms with van der Waals surface area (Å²) in [5.74, 6) is 1.37. The lowest BCUT2D eigenvalue weighted by Gasteiger charge is -2.05. The first kappa shape index (κ1) is 12.1. The van der Waals surface area contributed by atoms with Gasteiger partial charge in [-0.2, -0.15) is 0 Å². The molecule has 0 unspecified atom stereocenters. The summed E-state index contributed by atoms with van der Waals surface area (Å²) < 4.78 is 2.06. The molecule has 0 aliphatic heterocycles. The van der Waals surface area contributed by atoms with Crippen LogP contribution in [0, 0.1) is 0 Å². The molecule has 2 rings (SSSR count). The van der Waals surface area contributed by atoms with Gasteiger partial charge in [0.1, 0.15) is 5.82 Å². The molecule has 2 nitrogen and oxygen atoms in total. The van der Waals surface area contributed by atoms with Crippen LogP contribution in [0.1, 0.15) is 11.4 Å². The van der Waals surface area contributed by atoms with Crippen LogP contribution in [0.25, 0.3) is 0 Å². The monoisotopic (exact) mass is 241 g/mol. The predicted molar refractivity (Wildman–Crippen MR) is 57.3 cm³/mol. The van der Waals surface area contributed by atoms with E-state index in [1.807, 2.05) is 24.4 Å². The van der Waals surface area contributed by atoms with Gasteiger partial charge < -0.3 is 17.0 Å². The Labute approximate surface area is 100 Å². The molecule has 0 saturated carbocycles. The van der Waals surface area contributed by atoms with E-state index in [1.54, 1.807) is 6.20 Å². The fourth-order valence-electron chi connectivity index (χ4n) is 1.40. The Morgan fingerprint density at radius 2 is 1.93 bits per heavy atom. The van der Waals surface area contributed by atoms with Crippen LogP contribution in [0.15, 0.2) is 42.7 Å². The lowest BCUT2D eigenvalue weighted by molar-refractivity contribution is -0.00000288. The highest BCUT2D eigenvalue weighted by Crippen LogP contribution is 2.06. The Morgan fingerprint density at radius 1 is 1.20 bits per heavy atom. The van der Waals surface area contributed by atoms with E-state index in [0.717, 1.165) is 12.4 Å². The number of nitrogens with zero attached hydrogens (tertiary/aromatic N) is 2. The zero-order valence-corrected chi connectivity index (χ0v) is 9.62. The van der Waals surface area contributed by atoms with E-state index in [9.17, 15) is 0 Å². The number of benzene rings is 1. The molecule has 80 valence electrons. The lowest BCUT2D eigenvalue weighted by atomic mass is 10.2. The first-order valence-electron chi connectivity index (χ1n) is 4.50. The molecule has 4 heteroatoms. The third-order valence-corrected chi connectivity index (χ3v) is 2.36. The molecule has 0 fully saturated rings. The van der Waals surface area contributed by atoms with E-state index in [4.69, 9.17) is 11.6 Å². The molecule has 1 heterocycles. The van der Waals surface area contributed by atoms with Crippen molar-refractivity contribution in [2.45, 2.75) is 12.4 Å². The van der Waals surface area contributed by atoms with Gasteiger partial charge in [0.2, 0.25) is 0 Å². The van der Waals surface area contributed by atoms with Gasteiger partial charge >= 0.3 is 0 Å². The van der Waals surface area contributed by atoms with Crippen molar-refractivity contribution in [1.29, 1.82) is 0 Å². The fraction of sp³-hybridized carbons (Fsp3) is 0.182. The molecule has 0 N–H and O–H groups in total. The molecule has 1 aromatic carbocycles. The van der Waals surface area contributed by atoms with E-state index in [2.05, 4.69) is 21.7 Å². The second-order valence-electron chi connectivity index (χ2n) is 3.09. The Morgan fingerprint density at radius 3 is 2.60 bits per heavy atom. The average Bonchev–Trinajstić information content (AvgIpc) is 2.67. The van der Waals surface area contributed by atoms with Crippen molar-refractivity contribution in [3.8, 4) is 0 Å². The Hall–Kier alpha value is -0.990. The smallest absolute Gasteiger partial charge is 0.123 e. The summed E-state index contributed by atoms with van der Waals surface area (Å²) in [5, 5.41) is 0. The summed E-state index contributed by atoms with van der Waals surface area (Å²) in [6, 6.07) is 10.3. The molecular weight excluding hydrogens is 231 g/mol. The first-order chi connectivity index (χ1) is 6.90. The summed E-state index contributed by atoms with van der Waals surface area (Å²) >= 11 is 5.76. The number of alkyl halides is 1. The zero-order valence-electron chi connectivity index (χ0n) is 8.11. The quantitative estimate of drug-likeness (QED) is 0.674. The van der Waals surface area contributed by atoms with Crippen LogP contribution in [0.5, 0.6) is 0 Å². The molecule has 1 aromatic heterocycles. The summed E-state index contributed by atoms with van der Waals surface area (Å²) in [6.07, 6.45) is 3.73. The molecule has 0 saturated heterocycles. The van der Waals surface area contributed by atoms with E-state index in [-0.39, 0.29) is 12.4 Å². The van der Waals surface area contributed by atoms with Gasteiger partial charge in [0, 0.05) is 18.9 Å². The molecule has 0 amide bonds. The van der Waals surface area contributed by atoms with Crippen LogP contribution in [0.2, 0.25) is 0 Å². The van der Waals surface area contributed by atoms with E-state index < -0.39 is 0 Å². The summed E-state index contributed by atoms with van der Waals surface area (Å²) in [6.45, 7) is 0.836. The Kier molecular flexibility index (Phi) is 4.66. The summed E-state index contributed by atoms with van der Waals surface area (Å²) in [4.78, 5) is 4.16. The van der Waals surface area contributed by atoms with E-state index in [0.29, 0.717) is 5.88 Å². The van der Waals surface area contributed by atoms with Gasteiger partial charge in [0.25, 0.3) is 0 Å². The molecule has 0 aliphatic rings. The molecule has 0 bridgehead atoms. The highest BCUT2D eigenvalue weighted by Gasteiger charge is 2.00. The molecule has 0 spiro atoms. The highest BCUT2D eigenvalue weighted by atomic mass is 35.5. The molecule has 15 heavy (non-hydrogen) atoms. The molecular formula is C11H11Cl2N2-. The molecule has 2 aromatic rings. The van der Waals surface area contributed by atoms with Gasteiger partial charge in [0.15, 0.2) is 0 Å². The minimum atomic E-state index is 0. The summed E-state index contributed by atoms with van der Waals surface area (Å²) in [7, 11) is 0. The SMILES string of the molecule is ClCc1nccn1Cc1ccccc1.[Cl-]. The van der Waals surface area contributed by atoms with Crippen molar-refractivity contribution >= 4 is 11.6 Å². The van der Waals surface area contributed by atoms with Crippen LogP contribution in [0.4, 0.5) is 0 Å². The zero-order chi connectivity index (χ0) is 9.80. The topological polar surface area (TPSA) is 17.8 Å². The van der Waals surface area contributed by atoms with Crippen molar-refractivity contribution < 1.29 is 12.4 Å². The minimum absolute atomic E-state index is 0. The molecule has 0 radical (unpaired) electrons. The van der Waals surface area contributed by atoms with Crippen LogP contribution < -0.4 is 12.4 Å². The van der Waals surface area contributed by atoms with E-state index >= 15 is 0 Å². The predicted octanol–water partition coefficient (Wildman–Crippen LogP) is -0.326. The van der Waals surface area contributed by atoms with Crippen LogP contribution in [-0.4, -0.2) is 9.55 Å². The number of halogens is 2. The number of aromatic nitrogens is 2. The van der Waals surface area contributed by atoms with Crippen LogP contribution >= 0.6 is 11.6 Å². The first-order valence-corrected chi connectivity index (χ1v) is 5.03. The lowest BCUT2D eigenvalue weighted by Crippen LogP contribution is -3.00. The maximum Gasteiger partial charge on any atom is 0.123 e. The summed E-state index contributed by atoms with van der Waals surface area (Å²) in [5.41, 5.74) is 1.26. The van der Waals surface area contributed by atoms with Gasteiger partial charge in [0.05, 0.1) is 5.88 Å². The molecule has 0 atom stereocenters. The number of hydrogen-bond acceptors (Lipinski definition) is 1. The number of imidazole rings is 1. The van der Waals surface area contributed by atoms with E-state index in [1.165, 1.54) is 5.56 Å². The Balaban J connectivity index is 0.00000112. The van der Waals surface area contributed by atoms with Crippen molar-refractivity contribution in [3.63, 3.8) is 0 Å².